The van der Waals surface area contributed by atoms with E-state index in [0.717, 1.165) is 5.56 Å². The molecule has 47 valence electrons. The number of aliphatic hydroxyl groups excluding tert-OH is 1. The van der Waals surface area contributed by atoms with Crippen molar-refractivity contribution in [1.29, 1.82) is 0 Å². The Bertz CT molecular complexity index is 167. The Morgan fingerprint density at radius 1 is 1.67 bits per heavy atom. The van der Waals surface area contributed by atoms with Gasteiger partial charge in [-0.1, -0.05) is 18.2 Å². The molecule has 1 atom stereocenters. The summed E-state index contributed by atoms with van der Waals surface area (Å²) < 4.78 is 0. The van der Waals surface area contributed by atoms with Gasteiger partial charge in [0, 0.05) is 0 Å². The van der Waals surface area contributed by atoms with E-state index in [1.54, 1.807) is 13.0 Å². The summed E-state index contributed by atoms with van der Waals surface area (Å²) in [5, 5.41) is 9.00. The molecule has 1 aromatic rings. The van der Waals surface area contributed by atoms with Crippen LogP contribution < -0.4 is 0 Å². The van der Waals surface area contributed by atoms with E-state index in [1.807, 2.05) is 18.2 Å². The maximum atomic E-state index is 9.00. The number of aliphatic hydroxyl groups is 1. The minimum Gasteiger partial charge on any atom is -0.389 e. The molecule has 0 aliphatic rings. The van der Waals surface area contributed by atoms with E-state index >= 15 is 0 Å². The van der Waals surface area contributed by atoms with Gasteiger partial charge in [0.25, 0.3) is 0 Å². The standard InChI is InChI=1S/C8H9O/c1-7(9)8-5-3-2-4-6-8/h2-3,5-7,9H,1H3/t7-/m1/s1. The SMILES string of the molecule is C[C@@H](O)c1c[c]ccc1. The average Bonchev–Trinajstić information content (AvgIpc) is 1.90. The molecule has 1 aromatic carbocycles. The number of hydrogen-bond donors (Lipinski definition) is 1. The summed E-state index contributed by atoms with van der Waals surface area (Å²) in [6.45, 7) is 1.74. The zero-order valence-corrected chi connectivity index (χ0v) is 5.33. The Morgan fingerprint density at radius 3 is 2.78 bits per heavy atom. The molecule has 1 heteroatoms. The first-order chi connectivity index (χ1) is 4.30. The minimum atomic E-state index is -0.373. The van der Waals surface area contributed by atoms with Crippen LogP contribution >= 0.6 is 0 Å². The van der Waals surface area contributed by atoms with Gasteiger partial charge in [-0.2, -0.15) is 0 Å². The fourth-order valence-electron chi connectivity index (χ4n) is 0.667. The van der Waals surface area contributed by atoms with Gasteiger partial charge >= 0.3 is 0 Å². The Balaban J connectivity index is 2.85. The van der Waals surface area contributed by atoms with Crippen molar-refractivity contribution in [2.45, 2.75) is 13.0 Å². The van der Waals surface area contributed by atoms with Crippen LogP contribution in [0.5, 0.6) is 0 Å². The Morgan fingerprint density at radius 2 is 2.44 bits per heavy atom. The summed E-state index contributed by atoms with van der Waals surface area (Å²) in [7, 11) is 0. The monoisotopic (exact) mass is 121 g/mol. The van der Waals surface area contributed by atoms with Crippen LogP contribution in [0.1, 0.15) is 18.6 Å². The quantitative estimate of drug-likeness (QED) is 0.597. The lowest BCUT2D eigenvalue weighted by atomic mass is 10.1. The summed E-state index contributed by atoms with van der Waals surface area (Å²) in [5.41, 5.74) is 0.914. The third kappa shape index (κ3) is 1.54. The number of hydrogen-bond acceptors (Lipinski definition) is 1. The molecule has 9 heavy (non-hydrogen) atoms. The lowest BCUT2D eigenvalue weighted by molar-refractivity contribution is 0.199. The first-order valence-corrected chi connectivity index (χ1v) is 2.95. The second-order valence-electron chi connectivity index (χ2n) is 2.01. The first kappa shape index (κ1) is 6.30. The van der Waals surface area contributed by atoms with Crippen LogP contribution in [-0.4, -0.2) is 5.11 Å². The fourth-order valence-corrected chi connectivity index (χ4v) is 0.667. The third-order valence-corrected chi connectivity index (χ3v) is 1.21. The van der Waals surface area contributed by atoms with E-state index in [-0.39, 0.29) is 6.10 Å². The molecule has 0 aromatic heterocycles. The van der Waals surface area contributed by atoms with E-state index < -0.39 is 0 Å². The van der Waals surface area contributed by atoms with Crippen molar-refractivity contribution in [2.24, 2.45) is 0 Å². The highest BCUT2D eigenvalue weighted by atomic mass is 16.3. The summed E-state index contributed by atoms with van der Waals surface area (Å²) in [6, 6.07) is 10.2. The van der Waals surface area contributed by atoms with Crippen molar-refractivity contribution in [3.05, 3.63) is 35.9 Å². The maximum absolute atomic E-state index is 9.00. The van der Waals surface area contributed by atoms with Gasteiger partial charge in [0.1, 0.15) is 0 Å². The van der Waals surface area contributed by atoms with Crippen LogP contribution in [0.4, 0.5) is 0 Å². The van der Waals surface area contributed by atoms with Crippen LogP contribution in [0.2, 0.25) is 0 Å². The second-order valence-corrected chi connectivity index (χ2v) is 2.01. The van der Waals surface area contributed by atoms with Gasteiger partial charge in [-0.3, -0.25) is 0 Å². The molecule has 0 bridgehead atoms. The Labute approximate surface area is 55.0 Å². The highest BCUT2D eigenvalue weighted by molar-refractivity contribution is 5.15. The number of benzene rings is 1. The van der Waals surface area contributed by atoms with Gasteiger partial charge in [0.05, 0.1) is 6.10 Å². The lowest BCUT2D eigenvalue weighted by Gasteiger charge is -2.00. The normalized spacial score (nSPS) is 13.1. The maximum Gasteiger partial charge on any atom is 0.0762 e. The fraction of sp³-hybridized carbons (Fsp3) is 0.250. The van der Waals surface area contributed by atoms with E-state index in [1.165, 1.54) is 0 Å². The zero-order chi connectivity index (χ0) is 6.69. The molecular weight excluding hydrogens is 112 g/mol. The topological polar surface area (TPSA) is 20.2 Å². The molecule has 1 rings (SSSR count). The molecule has 0 saturated carbocycles. The highest BCUT2D eigenvalue weighted by Crippen LogP contribution is 2.08. The number of rotatable bonds is 1. The molecule has 0 heterocycles. The zero-order valence-electron chi connectivity index (χ0n) is 5.33. The molecule has 0 spiro atoms. The van der Waals surface area contributed by atoms with Crippen molar-refractivity contribution in [3.63, 3.8) is 0 Å². The Hall–Kier alpha value is -0.820. The molecule has 0 aliphatic carbocycles. The van der Waals surface area contributed by atoms with Crippen LogP contribution in [0.25, 0.3) is 0 Å². The predicted octanol–water partition coefficient (Wildman–Crippen LogP) is 1.54. The molecule has 0 amide bonds. The highest BCUT2D eigenvalue weighted by Gasteiger charge is 1.95. The molecule has 0 fully saturated rings. The first-order valence-electron chi connectivity index (χ1n) is 2.95. The van der Waals surface area contributed by atoms with Gasteiger partial charge in [-0.15, -0.1) is 0 Å². The van der Waals surface area contributed by atoms with Gasteiger partial charge in [0.15, 0.2) is 0 Å². The van der Waals surface area contributed by atoms with Crippen LogP contribution in [-0.2, 0) is 0 Å². The molecular formula is C8H9O. The Kier molecular flexibility index (Phi) is 1.85. The predicted molar refractivity (Wildman–Crippen MR) is 35.9 cm³/mol. The largest absolute Gasteiger partial charge is 0.389 e. The van der Waals surface area contributed by atoms with E-state index in [2.05, 4.69) is 6.07 Å². The minimum absolute atomic E-state index is 0.373. The van der Waals surface area contributed by atoms with Gasteiger partial charge in [-0.05, 0) is 24.6 Å². The van der Waals surface area contributed by atoms with E-state index in [0.29, 0.717) is 0 Å². The summed E-state index contributed by atoms with van der Waals surface area (Å²) >= 11 is 0. The van der Waals surface area contributed by atoms with Crippen LogP contribution in [0, 0.1) is 6.07 Å². The smallest absolute Gasteiger partial charge is 0.0762 e. The van der Waals surface area contributed by atoms with E-state index in [9.17, 15) is 0 Å². The second kappa shape index (κ2) is 2.65. The van der Waals surface area contributed by atoms with Gasteiger partial charge < -0.3 is 5.11 Å². The lowest BCUT2D eigenvalue weighted by Crippen LogP contribution is -1.88. The van der Waals surface area contributed by atoms with Crippen LogP contribution in [0.3, 0.4) is 0 Å². The molecule has 1 N–H and O–H groups in total. The van der Waals surface area contributed by atoms with E-state index in [4.69, 9.17) is 5.11 Å². The molecule has 0 saturated heterocycles. The van der Waals surface area contributed by atoms with Crippen molar-refractivity contribution in [1.82, 2.24) is 0 Å². The van der Waals surface area contributed by atoms with Crippen molar-refractivity contribution in [2.75, 3.05) is 0 Å². The van der Waals surface area contributed by atoms with Crippen LogP contribution in [0.15, 0.2) is 24.3 Å². The van der Waals surface area contributed by atoms with Crippen molar-refractivity contribution >= 4 is 0 Å². The van der Waals surface area contributed by atoms with Gasteiger partial charge in [-0.25, -0.2) is 0 Å². The molecule has 0 unspecified atom stereocenters. The summed E-state index contributed by atoms with van der Waals surface area (Å²) in [6.07, 6.45) is -0.373. The molecule has 1 nitrogen and oxygen atoms in total. The van der Waals surface area contributed by atoms with Gasteiger partial charge in [0.2, 0.25) is 0 Å². The van der Waals surface area contributed by atoms with Crippen molar-refractivity contribution in [3.8, 4) is 0 Å². The summed E-state index contributed by atoms with van der Waals surface area (Å²) in [4.78, 5) is 0. The summed E-state index contributed by atoms with van der Waals surface area (Å²) in [5.74, 6) is 0. The third-order valence-electron chi connectivity index (χ3n) is 1.21. The molecule has 1 radical (unpaired) electrons. The van der Waals surface area contributed by atoms with Crippen molar-refractivity contribution < 1.29 is 5.11 Å². The average molecular weight is 121 g/mol. The molecule has 0 aliphatic heterocycles.